The van der Waals surface area contributed by atoms with Crippen LogP contribution in [0.5, 0.6) is 5.75 Å². The van der Waals surface area contributed by atoms with Crippen molar-refractivity contribution in [2.45, 2.75) is 4.90 Å². The van der Waals surface area contributed by atoms with Gasteiger partial charge < -0.3 is 4.74 Å². The smallest absolute Gasteiger partial charge is 0.243 e. The lowest BCUT2D eigenvalue weighted by molar-refractivity contribution is 0.414. The van der Waals surface area contributed by atoms with E-state index in [2.05, 4.69) is 5.92 Å². The number of methoxy groups -OCH3 is 1. The lowest BCUT2D eigenvalue weighted by Gasteiger charge is -2.14. The number of benzene rings is 1. The second-order valence-electron chi connectivity index (χ2n) is 3.14. The molecule has 0 N–H and O–H groups in total. The van der Waals surface area contributed by atoms with Crippen LogP contribution < -0.4 is 4.74 Å². The predicted octanol–water partition coefficient (Wildman–Crippen LogP) is 0.949. The number of terminal acetylenes is 1. The molecule has 1 rings (SSSR count). The Labute approximate surface area is 95.9 Å². The van der Waals surface area contributed by atoms with E-state index in [1.54, 1.807) is 12.1 Å². The van der Waals surface area contributed by atoms with E-state index < -0.39 is 10.0 Å². The number of nitrogens with zero attached hydrogens (tertiary/aromatic N) is 1. The number of ether oxygens (including phenoxy) is 1. The van der Waals surface area contributed by atoms with E-state index in [0.717, 1.165) is 4.31 Å². The van der Waals surface area contributed by atoms with Gasteiger partial charge in [0.05, 0.1) is 18.6 Å². The Bertz CT molecular complexity index is 485. The molecule has 0 aliphatic heterocycles. The van der Waals surface area contributed by atoms with Crippen molar-refractivity contribution in [2.24, 2.45) is 0 Å². The summed E-state index contributed by atoms with van der Waals surface area (Å²) in [6.45, 7) is 0.0500. The zero-order valence-electron chi connectivity index (χ0n) is 9.17. The van der Waals surface area contributed by atoms with Gasteiger partial charge in [0.2, 0.25) is 10.0 Å². The summed E-state index contributed by atoms with van der Waals surface area (Å²) in [5.41, 5.74) is 0. The standard InChI is InChI=1S/C11H13NO3S/c1-4-9-12(2)16(13,14)11-7-5-10(15-3)6-8-11/h1,5-8H,9H2,2-3H3. The second-order valence-corrected chi connectivity index (χ2v) is 5.19. The maximum absolute atomic E-state index is 11.9. The third-order valence-corrected chi connectivity index (χ3v) is 3.90. The molecule has 5 heteroatoms. The highest BCUT2D eigenvalue weighted by molar-refractivity contribution is 7.89. The fourth-order valence-electron chi connectivity index (χ4n) is 1.14. The number of hydrogen-bond acceptors (Lipinski definition) is 3. The van der Waals surface area contributed by atoms with E-state index in [-0.39, 0.29) is 11.4 Å². The number of rotatable bonds is 4. The van der Waals surface area contributed by atoms with E-state index >= 15 is 0 Å². The van der Waals surface area contributed by atoms with Gasteiger partial charge in [-0.2, -0.15) is 4.31 Å². The molecule has 0 amide bonds. The number of sulfonamides is 1. The Kier molecular flexibility index (Phi) is 3.93. The molecule has 0 fully saturated rings. The summed E-state index contributed by atoms with van der Waals surface area (Å²) in [6, 6.07) is 6.16. The van der Waals surface area contributed by atoms with Crippen LogP contribution in [-0.4, -0.2) is 33.4 Å². The summed E-state index contributed by atoms with van der Waals surface area (Å²) < 4.78 is 29.9. The Hall–Kier alpha value is -1.51. The van der Waals surface area contributed by atoms with Crippen molar-refractivity contribution in [1.29, 1.82) is 0 Å². The van der Waals surface area contributed by atoms with E-state index in [9.17, 15) is 8.42 Å². The molecule has 0 saturated carbocycles. The molecule has 0 atom stereocenters. The van der Waals surface area contributed by atoms with Gasteiger partial charge in [0, 0.05) is 7.05 Å². The van der Waals surface area contributed by atoms with Gasteiger partial charge in [0.25, 0.3) is 0 Å². The monoisotopic (exact) mass is 239 g/mol. The van der Waals surface area contributed by atoms with Crippen molar-refractivity contribution in [3.8, 4) is 18.1 Å². The summed E-state index contributed by atoms with van der Waals surface area (Å²) >= 11 is 0. The second kappa shape index (κ2) is 5.01. The molecule has 0 heterocycles. The lowest BCUT2D eigenvalue weighted by Crippen LogP contribution is -2.27. The first-order valence-corrected chi connectivity index (χ1v) is 6.00. The average molecular weight is 239 g/mol. The number of hydrogen-bond donors (Lipinski definition) is 0. The summed E-state index contributed by atoms with van der Waals surface area (Å²) in [5.74, 6) is 2.90. The normalized spacial score (nSPS) is 11.1. The minimum absolute atomic E-state index is 0.0500. The highest BCUT2D eigenvalue weighted by atomic mass is 32.2. The lowest BCUT2D eigenvalue weighted by atomic mass is 10.3. The van der Waals surface area contributed by atoms with Crippen LogP contribution in [-0.2, 0) is 10.0 Å². The Morgan fingerprint density at radius 1 is 1.38 bits per heavy atom. The van der Waals surface area contributed by atoms with Crippen LogP contribution in [0, 0.1) is 12.3 Å². The first kappa shape index (κ1) is 12.6. The van der Waals surface area contributed by atoms with Gasteiger partial charge in [0.1, 0.15) is 5.75 Å². The van der Waals surface area contributed by atoms with E-state index in [4.69, 9.17) is 11.2 Å². The first-order chi connectivity index (χ1) is 7.52. The largest absolute Gasteiger partial charge is 0.497 e. The molecule has 0 aliphatic carbocycles. The van der Waals surface area contributed by atoms with Gasteiger partial charge in [-0.15, -0.1) is 6.42 Å². The van der Waals surface area contributed by atoms with Gasteiger partial charge in [-0.25, -0.2) is 8.42 Å². The molecule has 16 heavy (non-hydrogen) atoms. The fourth-order valence-corrected chi connectivity index (χ4v) is 2.23. The van der Waals surface area contributed by atoms with Crippen molar-refractivity contribution in [3.63, 3.8) is 0 Å². The fraction of sp³-hybridized carbons (Fsp3) is 0.273. The van der Waals surface area contributed by atoms with Gasteiger partial charge in [-0.05, 0) is 24.3 Å². The van der Waals surface area contributed by atoms with Gasteiger partial charge in [-0.1, -0.05) is 5.92 Å². The topological polar surface area (TPSA) is 46.6 Å². The molecular formula is C11H13NO3S. The zero-order valence-corrected chi connectivity index (χ0v) is 9.99. The molecule has 1 aromatic rings. The van der Waals surface area contributed by atoms with E-state index in [1.165, 1.54) is 26.3 Å². The Morgan fingerprint density at radius 2 is 1.94 bits per heavy atom. The average Bonchev–Trinajstić information content (AvgIpc) is 2.29. The molecule has 0 unspecified atom stereocenters. The molecule has 0 saturated heterocycles. The summed E-state index contributed by atoms with van der Waals surface area (Å²) in [6.07, 6.45) is 5.07. The van der Waals surface area contributed by atoms with Crippen molar-refractivity contribution in [2.75, 3.05) is 20.7 Å². The molecule has 4 nitrogen and oxygen atoms in total. The van der Waals surface area contributed by atoms with Crippen LogP contribution in [0.3, 0.4) is 0 Å². The molecular weight excluding hydrogens is 226 g/mol. The summed E-state index contributed by atoms with van der Waals surface area (Å²) in [7, 11) is -0.525. The summed E-state index contributed by atoms with van der Waals surface area (Å²) in [5, 5.41) is 0. The third-order valence-electron chi connectivity index (χ3n) is 2.08. The van der Waals surface area contributed by atoms with Crippen molar-refractivity contribution < 1.29 is 13.2 Å². The van der Waals surface area contributed by atoms with E-state index in [1.807, 2.05) is 0 Å². The van der Waals surface area contributed by atoms with Crippen LogP contribution >= 0.6 is 0 Å². The maximum Gasteiger partial charge on any atom is 0.243 e. The van der Waals surface area contributed by atoms with Crippen LogP contribution in [0.1, 0.15) is 0 Å². The van der Waals surface area contributed by atoms with Crippen LogP contribution in [0.15, 0.2) is 29.2 Å². The van der Waals surface area contributed by atoms with Gasteiger partial charge >= 0.3 is 0 Å². The molecule has 0 aliphatic rings. The first-order valence-electron chi connectivity index (χ1n) is 4.56. The summed E-state index contributed by atoms with van der Waals surface area (Å²) in [4.78, 5) is 0.200. The quantitative estimate of drug-likeness (QED) is 0.735. The molecule has 0 spiro atoms. The molecule has 86 valence electrons. The van der Waals surface area contributed by atoms with Crippen LogP contribution in [0.25, 0.3) is 0 Å². The molecule has 0 radical (unpaired) electrons. The van der Waals surface area contributed by atoms with Gasteiger partial charge in [-0.3, -0.25) is 0 Å². The van der Waals surface area contributed by atoms with Crippen LogP contribution in [0.4, 0.5) is 0 Å². The maximum atomic E-state index is 11.9. The zero-order chi connectivity index (χ0) is 12.2. The predicted molar refractivity (Wildman–Crippen MR) is 61.6 cm³/mol. The minimum Gasteiger partial charge on any atom is -0.497 e. The van der Waals surface area contributed by atoms with Crippen molar-refractivity contribution >= 4 is 10.0 Å². The molecule has 0 aromatic heterocycles. The SMILES string of the molecule is C#CCN(C)S(=O)(=O)c1ccc(OC)cc1. The van der Waals surface area contributed by atoms with Gasteiger partial charge in [0.15, 0.2) is 0 Å². The minimum atomic E-state index is -3.49. The highest BCUT2D eigenvalue weighted by Gasteiger charge is 2.19. The van der Waals surface area contributed by atoms with Crippen molar-refractivity contribution in [1.82, 2.24) is 4.31 Å². The Balaban J connectivity index is 3.04. The third kappa shape index (κ3) is 2.54. The van der Waals surface area contributed by atoms with Crippen LogP contribution in [0.2, 0.25) is 0 Å². The Morgan fingerprint density at radius 3 is 2.38 bits per heavy atom. The molecule has 0 bridgehead atoms. The molecule has 1 aromatic carbocycles. The highest BCUT2D eigenvalue weighted by Crippen LogP contribution is 2.18. The van der Waals surface area contributed by atoms with Crippen molar-refractivity contribution in [3.05, 3.63) is 24.3 Å². The van der Waals surface area contributed by atoms with E-state index in [0.29, 0.717) is 5.75 Å².